The van der Waals surface area contributed by atoms with Gasteiger partial charge in [0.1, 0.15) is 18.4 Å². The predicted molar refractivity (Wildman–Crippen MR) is 104 cm³/mol. The van der Waals surface area contributed by atoms with E-state index in [2.05, 4.69) is 27.5 Å². The second kappa shape index (κ2) is 8.03. The molecule has 0 fully saturated rings. The molecule has 0 unspecified atom stereocenters. The van der Waals surface area contributed by atoms with Gasteiger partial charge in [-0.25, -0.2) is 9.67 Å². The van der Waals surface area contributed by atoms with Gasteiger partial charge in [0.15, 0.2) is 6.61 Å². The maximum Gasteiger partial charge on any atom is 0.258 e. The summed E-state index contributed by atoms with van der Waals surface area (Å²) in [5.74, 6) is 0.628. The standard InChI is InChI=1S/C21H24N4O2/c1-14-9-15(2)21(16(3)10-14)27-11-20(26)24-17(4)18-5-7-19(8-6-18)25-13-22-12-23-25/h5-10,12-13,17H,11H2,1-4H3,(H,24,26)/t17-/m1/s1. The van der Waals surface area contributed by atoms with Crippen molar-refractivity contribution in [1.82, 2.24) is 20.1 Å². The van der Waals surface area contributed by atoms with Crippen LogP contribution in [0.5, 0.6) is 5.75 Å². The summed E-state index contributed by atoms with van der Waals surface area (Å²) < 4.78 is 7.45. The van der Waals surface area contributed by atoms with E-state index in [0.717, 1.165) is 28.1 Å². The topological polar surface area (TPSA) is 69.0 Å². The van der Waals surface area contributed by atoms with Crippen molar-refractivity contribution in [3.63, 3.8) is 0 Å². The molecule has 1 heterocycles. The van der Waals surface area contributed by atoms with Crippen molar-refractivity contribution < 1.29 is 9.53 Å². The van der Waals surface area contributed by atoms with E-state index in [9.17, 15) is 4.79 Å². The van der Waals surface area contributed by atoms with Crippen LogP contribution in [-0.4, -0.2) is 27.3 Å². The second-order valence-corrected chi connectivity index (χ2v) is 6.74. The third-order valence-electron chi connectivity index (χ3n) is 4.41. The van der Waals surface area contributed by atoms with Crippen molar-refractivity contribution in [2.75, 3.05) is 6.61 Å². The number of nitrogens with zero attached hydrogens (tertiary/aromatic N) is 3. The molecule has 0 bridgehead atoms. The number of hydrogen-bond donors (Lipinski definition) is 1. The van der Waals surface area contributed by atoms with Crippen molar-refractivity contribution >= 4 is 5.91 Å². The average molecular weight is 364 g/mol. The molecule has 2 aromatic carbocycles. The molecule has 6 nitrogen and oxygen atoms in total. The highest BCUT2D eigenvalue weighted by atomic mass is 16.5. The van der Waals surface area contributed by atoms with Crippen LogP contribution in [0.3, 0.4) is 0 Å². The summed E-state index contributed by atoms with van der Waals surface area (Å²) >= 11 is 0. The van der Waals surface area contributed by atoms with Gasteiger partial charge >= 0.3 is 0 Å². The Morgan fingerprint density at radius 3 is 2.41 bits per heavy atom. The van der Waals surface area contributed by atoms with Crippen molar-refractivity contribution in [3.8, 4) is 11.4 Å². The van der Waals surface area contributed by atoms with Gasteiger partial charge in [-0.3, -0.25) is 4.79 Å². The summed E-state index contributed by atoms with van der Waals surface area (Å²) in [5, 5.41) is 7.07. The molecule has 0 radical (unpaired) electrons. The lowest BCUT2D eigenvalue weighted by Gasteiger charge is -2.17. The largest absolute Gasteiger partial charge is 0.483 e. The van der Waals surface area contributed by atoms with Gasteiger partial charge in [-0.05, 0) is 56.5 Å². The molecule has 1 amide bonds. The zero-order valence-electron chi connectivity index (χ0n) is 16.1. The van der Waals surface area contributed by atoms with Gasteiger partial charge in [0.05, 0.1) is 11.7 Å². The van der Waals surface area contributed by atoms with Crippen molar-refractivity contribution in [1.29, 1.82) is 0 Å². The molecular formula is C21H24N4O2. The van der Waals surface area contributed by atoms with Gasteiger partial charge in [0, 0.05) is 0 Å². The van der Waals surface area contributed by atoms with Gasteiger partial charge in [-0.1, -0.05) is 29.8 Å². The molecule has 3 aromatic rings. The van der Waals surface area contributed by atoms with Crippen molar-refractivity contribution in [2.24, 2.45) is 0 Å². The van der Waals surface area contributed by atoms with Crippen LogP contribution in [0.25, 0.3) is 5.69 Å². The third kappa shape index (κ3) is 4.53. The van der Waals surface area contributed by atoms with Crippen LogP contribution < -0.4 is 10.1 Å². The quantitative estimate of drug-likeness (QED) is 0.727. The van der Waals surface area contributed by atoms with Crippen LogP contribution >= 0.6 is 0 Å². The third-order valence-corrected chi connectivity index (χ3v) is 4.41. The number of benzene rings is 2. The van der Waals surface area contributed by atoms with E-state index < -0.39 is 0 Å². The smallest absolute Gasteiger partial charge is 0.258 e. The van der Waals surface area contributed by atoms with Crippen molar-refractivity contribution in [3.05, 3.63) is 71.3 Å². The van der Waals surface area contributed by atoms with Crippen LogP contribution in [0.15, 0.2) is 49.1 Å². The highest BCUT2D eigenvalue weighted by molar-refractivity contribution is 5.78. The highest BCUT2D eigenvalue weighted by Crippen LogP contribution is 2.24. The number of aromatic nitrogens is 3. The van der Waals surface area contributed by atoms with Crippen LogP contribution in [0.2, 0.25) is 0 Å². The summed E-state index contributed by atoms with van der Waals surface area (Å²) in [4.78, 5) is 16.2. The molecule has 140 valence electrons. The minimum absolute atomic E-state index is 0.00782. The molecular weight excluding hydrogens is 340 g/mol. The number of carbonyl (C=O) groups excluding carboxylic acids is 1. The first-order valence-electron chi connectivity index (χ1n) is 8.89. The maximum atomic E-state index is 12.3. The fraction of sp³-hybridized carbons (Fsp3) is 0.286. The summed E-state index contributed by atoms with van der Waals surface area (Å²) in [6.45, 7) is 7.97. The average Bonchev–Trinajstić information content (AvgIpc) is 3.15. The van der Waals surface area contributed by atoms with E-state index in [0.29, 0.717) is 0 Å². The van der Waals surface area contributed by atoms with E-state index in [-0.39, 0.29) is 18.6 Å². The Morgan fingerprint density at radius 2 is 1.81 bits per heavy atom. The summed E-state index contributed by atoms with van der Waals surface area (Å²) in [5.41, 5.74) is 5.19. The first kappa shape index (κ1) is 18.6. The van der Waals surface area contributed by atoms with Crippen LogP contribution in [0, 0.1) is 20.8 Å². The minimum Gasteiger partial charge on any atom is -0.483 e. The zero-order chi connectivity index (χ0) is 19.4. The number of hydrogen-bond acceptors (Lipinski definition) is 4. The first-order valence-corrected chi connectivity index (χ1v) is 8.89. The summed E-state index contributed by atoms with van der Waals surface area (Å²) in [6.07, 6.45) is 3.14. The van der Waals surface area contributed by atoms with Gasteiger partial charge in [-0.2, -0.15) is 5.10 Å². The molecule has 0 aliphatic carbocycles. The molecule has 0 spiro atoms. The highest BCUT2D eigenvalue weighted by Gasteiger charge is 2.12. The molecule has 1 N–H and O–H groups in total. The van der Waals surface area contributed by atoms with Crippen molar-refractivity contribution in [2.45, 2.75) is 33.7 Å². The fourth-order valence-electron chi connectivity index (χ4n) is 3.16. The van der Waals surface area contributed by atoms with E-state index in [4.69, 9.17) is 4.74 Å². The first-order chi connectivity index (χ1) is 12.9. The van der Waals surface area contributed by atoms with Gasteiger partial charge in [0.25, 0.3) is 5.91 Å². The predicted octanol–water partition coefficient (Wildman–Crippen LogP) is 3.45. The van der Waals surface area contributed by atoms with Gasteiger partial charge in [-0.15, -0.1) is 0 Å². The molecule has 6 heteroatoms. The number of nitrogens with one attached hydrogen (secondary N) is 1. The lowest BCUT2D eigenvalue weighted by molar-refractivity contribution is -0.123. The lowest BCUT2D eigenvalue weighted by Crippen LogP contribution is -2.31. The normalized spacial score (nSPS) is 11.9. The SMILES string of the molecule is Cc1cc(C)c(OCC(=O)N[C@H](C)c2ccc(-n3cncn3)cc2)c(C)c1. The van der Waals surface area contributed by atoms with Crippen LogP contribution in [0.4, 0.5) is 0 Å². The Hall–Kier alpha value is -3.15. The van der Waals surface area contributed by atoms with E-state index in [1.807, 2.05) is 52.0 Å². The molecule has 3 rings (SSSR count). The molecule has 0 saturated carbocycles. The molecule has 0 aliphatic heterocycles. The Labute approximate surface area is 159 Å². The van der Waals surface area contributed by atoms with E-state index in [1.165, 1.54) is 11.9 Å². The second-order valence-electron chi connectivity index (χ2n) is 6.74. The van der Waals surface area contributed by atoms with Crippen LogP contribution in [-0.2, 0) is 4.79 Å². The monoisotopic (exact) mass is 364 g/mol. The molecule has 1 aromatic heterocycles. The maximum absolute atomic E-state index is 12.3. The number of aryl methyl sites for hydroxylation is 3. The zero-order valence-corrected chi connectivity index (χ0v) is 16.1. The number of amides is 1. The number of rotatable bonds is 6. The number of ether oxygens (including phenoxy) is 1. The molecule has 27 heavy (non-hydrogen) atoms. The Kier molecular flexibility index (Phi) is 5.54. The molecule has 1 atom stereocenters. The van der Waals surface area contributed by atoms with Crippen LogP contribution in [0.1, 0.15) is 35.2 Å². The van der Waals surface area contributed by atoms with Gasteiger partial charge < -0.3 is 10.1 Å². The molecule has 0 saturated heterocycles. The summed E-state index contributed by atoms with van der Waals surface area (Å²) in [7, 11) is 0. The lowest BCUT2D eigenvalue weighted by atomic mass is 10.1. The van der Waals surface area contributed by atoms with Gasteiger partial charge in [0.2, 0.25) is 0 Å². The Bertz CT molecular complexity index is 895. The fourth-order valence-corrected chi connectivity index (χ4v) is 3.16. The molecule has 0 aliphatic rings. The Balaban J connectivity index is 1.58. The number of carbonyl (C=O) groups is 1. The van der Waals surface area contributed by atoms with E-state index >= 15 is 0 Å². The summed E-state index contributed by atoms with van der Waals surface area (Å²) in [6, 6.07) is 11.8. The minimum atomic E-state index is -0.151. The van der Waals surface area contributed by atoms with E-state index in [1.54, 1.807) is 11.0 Å². The Morgan fingerprint density at radius 1 is 1.15 bits per heavy atom.